The lowest BCUT2D eigenvalue weighted by Crippen LogP contribution is -2.31. The third-order valence-corrected chi connectivity index (χ3v) is 3.88. The van der Waals surface area contributed by atoms with Crippen molar-refractivity contribution in [1.29, 1.82) is 0 Å². The van der Waals surface area contributed by atoms with E-state index < -0.39 is 5.91 Å². The number of nitrogens with zero attached hydrogens (tertiary/aromatic N) is 2. The molecule has 0 saturated carbocycles. The van der Waals surface area contributed by atoms with Crippen LogP contribution in [0.1, 0.15) is 22.3 Å². The Balaban J connectivity index is 2.12. The quantitative estimate of drug-likeness (QED) is 0.920. The van der Waals surface area contributed by atoms with Gasteiger partial charge in [-0.2, -0.15) is 0 Å². The highest BCUT2D eigenvalue weighted by Crippen LogP contribution is 2.34. The van der Waals surface area contributed by atoms with E-state index in [1.807, 2.05) is 0 Å². The first-order valence-corrected chi connectivity index (χ1v) is 6.82. The summed E-state index contributed by atoms with van der Waals surface area (Å²) in [6.45, 7) is 0. The number of amides is 2. The molecule has 2 heterocycles. The average Bonchev–Trinajstić information content (AvgIpc) is 2.51. The Labute approximate surface area is 126 Å². The molecule has 3 rings (SSSR count). The summed E-state index contributed by atoms with van der Waals surface area (Å²) in [5, 5.41) is 0. The van der Waals surface area contributed by atoms with Crippen LogP contribution in [0, 0.1) is 5.82 Å². The molecular formula is C16H14FN3O2. The van der Waals surface area contributed by atoms with Gasteiger partial charge in [0, 0.05) is 48.2 Å². The normalized spacial score (nSPS) is 13.9. The van der Waals surface area contributed by atoms with Gasteiger partial charge in [0.2, 0.25) is 11.8 Å². The first-order chi connectivity index (χ1) is 10.5. The number of rotatable bonds is 2. The number of primary amides is 1. The predicted molar refractivity (Wildman–Crippen MR) is 79.9 cm³/mol. The van der Waals surface area contributed by atoms with Gasteiger partial charge in [-0.3, -0.25) is 14.6 Å². The molecule has 0 atom stereocenters. The number of nitrogens with two attached hydrogens (primary N) is 1. The van der Waals surface area contributed by atoms with Crippen LogP contribution in [0.3, 0.4) is 0 Å². The van der Waals surface area contributed by atoms with Gasteiger partial charge in [-0.05, 0) is 24.6 Å². The molecule has 112 valence electrons. The summed E-state index contributed by atoms with van der Waals surface area (Å²) in [4.78, 5) is 28.3. The Morgan fingerprint density at radius 3 is 2.82 bits per heavy atom. The minimum Gasteiger partial charge on any atom is -0.366 e. The van der Waals surface area contributed by atoms with Crippen LogP contribution in [-0.4, -0.2) is 23.8 Å². The number of pyridine rings is 1. The lowest BCUT2D eigenvalue weighted by Gasteiger charge is -2.26. The molecule has 2 aromatic rings. The van der Waals surface area contributed by atoms with Crippen molar-refractivity contribution in [1.82, 2.24) is 4.98 Å². The van der Waals surface area contributed by atoms with Gasteiger partial charge in [0.05, 0.1) is 5.56 Å². The van der Waals surface area contributed by atoms with E-state index in [-0.39, 0.29) is 23.7 Å². The van der Waals surface area contributed by atoms with Crippen molar-refractivity contribution in [3.05, 3.63) is 47.5 Å². The lowest BCUT2D eigenvalue weighted by atomic mass is 9.95. The molecule has 0 spiro atoms. The molecule has 1 aromatic heterocycles. The highest BCUT2D eigenvalue weighted by molar-refractivity contribution is 5.97. The minimum atomic E-state index is -0.613. The van der Waals surface area contributed by atoms with Crippen molar-refractivity contribution in [3.8, 4) is 11.1 Å². The van der Waals surface area contributed by atoms with Crippen LogP contribution in [-0.2, 0) is 11.2 Å². The fraction of sp³-hybridized carbons (Fsp3) is 0.188. The zero-order valence-corrected chi connectivity index (χ0v) is 12.0. The molecule has 2 N–H and O–H groups in total. The van der Waals surface area contributed by atoms with Gasteiger partial charge >= 0.3 is 0 Å². The molecule has 1 aromatic carbocycles. The van der Waals surface area contributed by atoms with Gasteiger partial charge < -0.3 is 10.6 Å². The van der Waals surface area contributed by atoms with Crippen LogP contribution < -0.4 is 10.6 Å². The van der Waals surface area contributed by atoms with Crippen LogP contribution in [0.4, 0.5) is 10.1 Å². The second-order valence-corrected chi connectivity index (χ2v) is 5.20. The van der Waals surface area contributed by atoms with Crippen molar-refractivity contribution in [2.45, 2.75) is 12.8 Å². The summed E-state index contributed by atoms with van der Waals surface area (Å²) in [5.41, 5.74) is 7.36. The van der Waals surface area contributed by atoms with Gasteiger partial charge in [-0.1, -0.05) is 0 Å². The summed E-state index contributed by atoms with van der Waals surface area (Å²) in [7, 11) is 1.63. The number of carbonyl (C=O) groups is 2. The first kappa shape index (κ1) is 14.2. The second kappa shape index (κ2) is 5.22. The first-order valence-electron chi connectivity index (χ1n) is 6.82. The van der Waals surface area contributed by atoms with Crippen molar-refractivity contribution >= 4 is 17.5 Å². The number of hydrogen-bond acceptors (Lipinski definition) is 3. The number of carbonyl (C=O) groups excluding carboxylic acids is 2. The van der Waals surface area contributed by atoms with Crippen LogP contribution in [0.2, 0.25) is 0 Å². The van der Waals surface area contributed by atoms with Crippen LogP contribution >= 0.6 is 0 Å². The molecule has 6 heteroatoms. The van der Waals surface area contributed by atoms with Crippen LogP contribution in [0.5, 0.6) is 0 Å². The third kappa shape index (κ3) is 2.22. The Kier molecular flexibility index (Phi) is 3.36. The Morgan fingerprint density at radius 2 is 2.09 bits per heavy atom. The second-order valence-electron chi connectivity index (χ2n) is 5.20. The molecule has 0 unspecified atom stereocenters. The van der Waals surface area contributed by atoms with Crippen molar-refractivity contribution in [3.63, 3.8) is 0 Å². The zero-order chi connectivity index (χ0) is 15.9. The molecule has 0 fully saturated rings. The molecule has 0 radical (unpaired) electrons. The van der Waals surface area contributed by atoms with Crippen LogP contribution in [0.15, 0.2) is 30.6 Å². The van der Waals surface area contributed by atoms with E-state index in [4.69, 9.17) is 5.73 Å². The number of halogens is 1. The third-order valence-electron chi connectivity index (χ3n) is 3.88. The predicted octanol–water partition coefficient (Wildman–Crippen LogP) is 1.90. The topological polar surface area (TPSA) is 76.3 Å². The molecule has 1 aliphatic rings. The minimum absolute atomic E-state index is 0.0305. The lowest BCUT2D eigenvalue weighted by molar-refractivity contribution is -0.118. The van der Waals surface area contributed by atoms with E-state index in [1.54, 1.807) is 19.2 Å². The number of fused-ring (bicyclic) bond motifs is 1. The Bertz CT molecular complexity index is 789. The van der Waals surface area contributed by atoms with Crippen LogP contribution in [0.25, 0.3) is 11.1 Å². The van der Waals surface area contributed by atoms with Gasteiger partial charge in [0.25, 0.3) is 0 Å². The number of benzene rings is 1. The molecule has 0 bridgehead atoms. The van der Waals surface area contributed by atoms with Gasteiger partial charge in [-0.25, -0.2) is 4.39 Å². The maximum absolute atomic E-state index is 14.8. The smallest absolute Gasteiger partial charge is 0.250 e. The molecule has 0 saturated heterocycles. The van der Waals surface area contributed by atoms with E-state index >= 15 is 0 Å². The van der Waals surface area contributed by atoms with Gasteiger partial charge in [-0.15, -0.1) is 0 Å². The number of hydrogen-bond donors (Lipinski definition) is 1. The van der Waals surface area contributed by atoms with E-state index in [9.17, 15) is 14.0 Å². The molecule has 5 nitrogen and oxygen atoms in total. The van der Waals surface area contributed by atoms with Crippen molar-refractivity contribution in [2.24, 2.45) is 5.73 Å². The Morgan fingerprint density at radius 1 is 1.32 bits per heavy atom. The summed E-state index contributed by atoms with van der Waals surface area (Å²) < 4.78 is 14.8. The number of aromatic nitrogens is 1. The summed E-state index contributed by atoms with van der Waals surface area (Å²) in [5.74, 6) is -1.03. The van der Waals surface area contributed by atoms with Crippen molar-refractivity contribution in [2.75, 3.05) is 11.9 Å². The molecule has 2 amide bonds. The van der Waals surface area contributed by atoms with E-state index in [0.717, 1.165) is 0 Å². The highest BCUT2D eigenvalue weighted by atomic mass is 19.1. The monoisotopic (exact) mass is 299 g/mol. The summed E-state index contributed by atoms with van der Waals surface area (Å²) in [6, 6.07) is 4.81. The molecular weight excluding hydrogens is 285 g/mol. The van der Waals surface area contributed by atoms with E-state index in [0.29, 0.717) is 28.8 Å². The SMILES string of the molecule is CN1C(=O)CCc2c1ccc(-c1cncc(C(N)=O)c1)c2F. The largest absolute Gasteiger partial charge is 0.366 e. The molecule has 22 heavy (non-hydrogen) atoms. The van der Waals surface area contributed by atoms with Crippen molar-refractivity contribution < 1.29 is 14.0 Å². The molecule has 0 aliphatic carbocycles. The fourth-order valence-corrected chi connectivity index (χ4v) is 2.64. The van der Waals surface area contributed by atoms with E-state index in [1.165, 1.54) is 23.4 Å². The Hall–Kier alpha value is -2.76. The van der Waals surface area contributed by atoms with Gasteiger partial charge in [0.15, 0.2) is 0 Å². The highest BCUT2D eigenvalue weighted by Gasteiger charge is 2.25. The summed E-state index contributed by atoms with van der Waals surface area (Å²) >= 11 is 0. The standard InChI is InChI=1S/C16H14FN3O2/c1-20-13-4-2-11(15(17)12(13)3-5-14(20)21)9-6-10(16(18)22)8-19-7-9/h2,4,6-8H,3,5H2,1H3,(H2,18,22). The van der Waals surface area contributed by atoms with Gasteiger partial charge in [0.1, 0.15) is 5.82 Å². The maximum Gasteiger partial charge on any atom is 0.250 e. The fourth-order valence-electron chi connectivity index (χ4n) is 2.64. The molecule has 1 aliphatic heterocycles. The number of anilines is 1. The average molecular weight is 299 g/mol. The zero-order valence-electron chi connectivity index (χ0n) is 12.0. The maximum atomic E-state index is 14.8. The van der Waals surface area contributed by atoms with E-state index in [2.05, 4.69) is 4.98 Å². The summed E-state index contributed by atoms with van der Waals surface area (Å²) in [6.07, 6.45) is 3.47.